The Hall–Kier alpha value is -0.390. The van der Waals surface area contributed by atoms with Crippen molar-refractivity contribution >= 4 is 33.2 Å². The number of carbonyl (C=O) groups excluding carboxylic acids is 1. The molecule has 1 aliphatic rings. The molecule has 2 rings (SSSR count). The summed E-state index contributed by atoms with van der Waals surface area (Å²) >= 11 is 5.06. The monoisotopic (exact) mass is 330 g/mol. The van der Waals surface area contributed by atoms with Gasteiger partial charge in [0.1, 0.15) is 0 Å². The Kier molecular flexibility index (Phi) is 5.21. The molecule has 0 aliphatic heterocycles. The number of halogens is 1. The number of hydrogen-bond acceptors (Lipinski definition) is 3. The summed E-state index contributed by atoms with van der Waals surface area (Å²) in [5.74, 6) is 0.496. The normalized spacial score (nSPS) is 23.9. The summed E-state index contributed by atoms with van der Waals surface area (Å²) in [5.41, 5.74) is 6.05. The molecule has 5 heteroatoms. The van der Waals surface area contributed by atoms with E-state index in [-0.39, 0.29) is 11.9 Å². The summed E-state index contributed by atoms with van der Waals surface area (Å²) < 4.78 is 1.08. The van der Waals surface area contributed by atoms with Crippen LogP contribution in [-0.4, -0.2) is 11.9 Å². The third-order valence-electron chi connectivity index (χ3n) is 3.50. The van der Waals surface area contributed by atoms with Crippen LogP contribution >= 0.6 is 27.3 Å². The number of nitrogens with one attached hydrogen (secondary N) is 1. The molecular weight excluding hydrogens is 312 g/mol. The van der Waals surface area contributed by atoms with Gasteiger partial charge in [-0.1, -0.05) is 12.8 Å². The maximum Gasteiger partial charge on any atom is 0.220 e. The van der Waals surface area contributed by atoms with Crippen LogP contribution in [0.3, 0.4) is 0 Å². The molecule has 0 aromatic carbocycles. The fourth-order valence-corrected chi connectivity index (χ4v) is 3.82. The van der Waals surface area contributed by atoms with E-state index in [0.717, 1.165) is 17.3 Å². The van der Waals surface area contributed by atoms with Crippen molar-refractivity contribution in [2.45, 2.75) is 44.7 Å². The summed E-state index contributed by atoms with van der Waals surface area (Å²) in [7, 11) is 0. The zero-order chi connectivity index (χ0) is 13.0. The number of carbonyl (C=O) groups is 1. The largest absolute Gasteiger partial charge is 0.351 e. The van der Waals surface area contributed by atoms with Crippen molar-refractivity contribution in [3.8, 4) is 0 Å². The molecule has 18 heavy (non-hydrogen) atoms. The lowest BCUT2D eigenvalue weighted by Gasteiger charge is -2.27. The maximum absolute atomic E-state index is 11.9. The average Bonchev–Trinajstić information content (AvgIpc) is 2.76. The Balaban J connectivity index is 1.74. The predicted octanol–water partition coefficient (Wildman–Crippen LogP) is 3.03. The van der Waals surface area contributed by atoms with Crippen molar-refractivity contribution in [2.75, 3.05) is 0 Å². The highest BCUT2D eigenvalue weighted by atomic mass is 79.9. The predicted molar refractivity (Wildman–Crippen MR) is 78.4 cm³/mol. The standard InChI is InChI=1S/C13H19BrN2OS/c14-10-6-11(18-8-10)7-16-13(17)5-9-3-1-2-4-12(9)15/h6,8-9,12H,1-5,7,15H2,(H,16,17). The molecule has 3 N–H and O–H groups in total. The molecule has 1 heterocycles. The van der Waals surface area contributed by atoms with E-state index in [1.807, 2.05) is 11.4 Å². The van der Waals surface area contributed by atoms with Crippen molar-refractivity contribution in [3.63, 3.8) is 0 Å². The minimum atomic E-state index is 0.127. The van der Waals surface area contributed by atoms with Crippen molar-refractivity contribution in [1.29, 1.82) is 0 Å². The van der Waals surface area contributed by atoms with E-state index < -0.39 is 0 Å². The maximum atomic E-state index is 11.9. The molecule has 1 aromatic heterocycles. The molecule has 0 spiro atoms. The summed E-state index contributed by atoms with van der Waals surface area (Å²) in [6, 6.07) is 2.25. The quantitative estimate of drug-likeness (QED) is 0.891. The van der Waals surface area contributed by atoms with Gasteiger partial charge in [0.25, 0.3) is 0 Å². The van der Waals surface area contributed by atoms with Gasteiger partial charge in [-0.3, -0.25) is 4.79 Å². The van der Waals surface area contributed by atoms with Gasteiger partial charge in [-0.05, 0) is 40.8 Å². The second kappa shape index (κ2) is 6.68. The van der Waals surface area contributed by atoms with Crippen molar-refractivity contribution in [2.24, 2.45) is 11.7 Å². The van der Waals surface area contributed by atoms with E-state index in [9.17, 15) is 4.79 Å². The van der Waals surface area contributed by atoms with Gasteiger partial charge in [0.05, 0.1) is 6.54 Å². The number of amides is 1. The molecule has 1 aromatic rings. The highest BCUT2D eigenvalue weighted by Gasteiger charge is 2.23. The first-order valence-electron chi connectivity index (χ1n) is 6.40. The first kappa shape index (κ1) is 14.0. The van der Waals surface area contributed by atoms with Gasteiger partial charge in [-0.2, -0.15) is 0 Å². The smallest absolute Gasteiger partial charge is 0.220 e. The summed E-state index contributed by atoms with van der Waals surface area (Å²) in [5, 5.41) is 5.00. The highest BCUT2D eigenvalue weighted by molar-refractivity contribution is 9.10. The second-order valence-corrected chi connectivity index (χ2v) is 6.83. The van der Waals surface area contributed by atoms with E-state index >= 15 is 0 Å². The first-order chi connectivity index (χ1) is 8.65. The Morgan fingerprint density at radius 3 is 2.94 bits per heavy atom. The van der Waals surface area contributed by atoms with E-state index in [2.05, 4.69) is 21.2 Å². The molecule has 1 fully saturated rings. The van der Waals surface area contributed by atoms with E-state index in [4.69, 9.17) is 5.73 Å². The van der Waals surface area contributed by atoms with E-state index in [1.165, 1.54) is 17.7 Å². The summed E-state index contributed by atoms with van der Waals surface area (Å²) in [6.07, 6.45) is 5.16. The molecule has 1 amide bonds. The molecule has 100 valence electrons. The summed E-state index contributed by atoms with van der Waals surface area (Å²) in [4.78, 5) is 13.0. The molecular formula is C13H19BrN2OS. The van der Waals surface area contributed by atoms with Gasteiger partial charge in [0.2, 0.25) is 5.91 Å². The fraction of sp³-hybridized carbons (Fsp3) is 0.615. The van der Waals surface area contributed by atoms with Gasteiger partial charge in [-0.15, -0.1) is 11.3 Å². The minimum Gasteiger partial charge on any atom is -0.351 e. The molecule has 3 nitrogen and oxygen atoms in total. The number of nitrogens with two attached hydrogens (primary N) is 1. The molecule has 0 radical (unpaired) electrons. The van der Waals surface area contributed by atoms with Crippen LogP contribution in [0.1, 0.15) is 37.0 Å². The Labute approximate surface area is 120 Å². The van der Waals surface area contributed by atoms with Gasteiger partial charge < -0.3 is 11.1 Å². The lowest BCUT2D eigenvalue weighted by Crippen LogP contribution is -2.36. The number of thiophene rings is 1. The molecule has 2 atom stereocenters. The van der Waals surface area contributed by atoms with Crippen LogP contribution in [-0.2, 0) is 11.3 Å². The zero-order valence-electron chi connectivity index (χ0n) is 10.3. The average molecular weight is 331 g/mol. The van der Waals surface area contributed by atoms with Crippen LogP contribution in [0.15, 0.2) is 15.9 Å². The van der Waals surface area contributed by atoms with Crippen LogP contribution < -0.4 is 11.1 Å². The van der Waals surface area contributed by atoms with Crippen LogP contribution in [0.2, 0.25) is 0 Å². The van der Waals surface area contributed by atoms with Crippen molar-refractivity contribution in [3.05, 3.63) is 20.8 Å². The lowest BCUT2D eigenvalue weighted by molar-refractivity contribution is -0.122. The van der Waals surface area contributed by atoms with Crippen LogP contribution in [0.5, 0.6) is 0 Å². The third kappa shape index (κ3) is 4.07. The SMILES string of the molecule is NC1CCCCC1CC(=O)NCc1cc(Br)cs1. The molecule has 0 bridgehead atoms. The Morgan fingerprint density at radius 1 is 1.50 bits per heavy atom. The molecule has 1 saturated carbocycles. The minimum absolute atomic E-state index is 0.127. The second-order valence-electron chi connectivity index (χ2n) is 4.92. The van der Waals surface area contributed by atoms with Crippen molar-refractivity contribution < 1.29 is 4.79 Å². The molecule has 2 unspecified atom stereocenters. The number of hydrogen-bond donors (Lipinski definition) is 2. The molecule has 0 saturated heterocycles. The Morgan fingerprint density at radius 2 is 2.28 bits per heavy atom. The van der Waals surface area contributed by atoms with Crippen LogP contribution in [0.4, 0.5) is 0 Å². The fourth-order valence-electron chi connectivity index (χ4n) is 2.43. The Bertz CT molecular complexity index is 407. The number of rotatable bonds is 4. The first-order valence-corrected chi connectivity index (χ1v) is 8.07. The van der Waals surface area contributed by atoms with E-state index in [1.54, 1.807) is 11.3 Å². The lowest BCUT2D eigenvalue weighted by atomic mass is 9.83. The zero-order valence-corrected chi connectivity index (χ0v) is 12.7. The summed E-state index contributed by atoms with van der Waals surface area (Å²) in [6.45, 7) is 0.622. The van der Waals surface area contributed by atoms with Gasteiger partial charge in [0.15, 0.2) is 0 Å². The van der Waals surface area contributed by atoms with Crippen molar-refractivity contribution in [1.82, 2.24) is 5.32 Å². The highest BCUT2D eigenvalue weighted by Crippen LogP contribution is 2.25. The van der Waals surface area contributed by atoms with Gasteiger partial charge in [0, 0.05) is 27.2 Å². The van der Waals surface area contributed by atoms with Crippen LogP contribution in [0, 0.1) is 5.92 Å². The van der Waals surface area contributed by atoms with E-state index in [0.29, 0.717) is 18.9 Å². The molecule has 1 aliphatic carbocycles. The van der Waals surface area contributed by atoms with Gasteiger partial charge >= 0.3 is 0 Å². The van der Waals surface area contributed by atoms with Gasteiger partial charge in [-0.25, -0.2) is 0 Å². The third-order valence-corrected chi connectivity index (χ3v) is 5.19. The topological polar surface area (TPSA) is 55.1 Å². The van der Waals surface area contributed by atoms with Crippen LogP contribution in [0.25, 0.3) is 0 Å².